The summed E-state index contributed by atoms with van der Waals surface area (Å²) in [4.78, 5) is 0.190. The molecule has 0 amide bonds. The predicted octanol–water partition coefficient (Wildman–Crippen LogP) is 1.47. The summed E-state index contributed by atoms with van der Waals surface area (Å²) in [5, 5.41) is 11.9. The first kappa shape index (κ1) is 16.1. The van der Waals surface area contributed by atoms with Gasteiger partial charge in [0.25, 0.3) is 0 Å². The molecule has 1 aliphatic rings. The Morgan fingerprint density at radius 2 is 2.17 bits per heavy atom. The van der Waals surface area contributed by atoms with E-state index in [1.54, 1.807) is 20.2 Å². The standard InChI is InChI=1S/C14H21N5O3S/c1-4-18-9-15-16-14(18)12-6-5-7-19(8-12)23(20,21)13-10(2)17-22-11(13)3/h9,12H,4-8H2,1-3H3/t12-/m1/s1. The summed E-state index contributed by atoms with van der Waals surface area (Å²) in [5.74, 6) is 1.24. The zero-order chi connectivity index (χ0) is 16.6. The number of hydrogen-bond acceptors (Lipinski definition) is 6. The monoisotopic (exact) mass is 339 g/mol. The first-order chi connectivity index (χ1) is 10.9. The van der Waals surface area contributed by atoms with Crippen LogP contribution in [0, 0.1) is 13.8 Å². The average molecular weight is 339 g/mol. The molecular formula is C14H21N5O3S. The topological polar surface area (TPSA) is 94.1 Å². The van der Waals surface area contributed by atoms with Crippen molar-refractivity contribution in [3.05, 3.63) is 23.6 Å². The maximum atomic E-state index is 12.9. The van der Waals surface area contributed by atoms with Gasteiger partial charge in [0.1, 0.15) is 22.7 Å². The molecule has 3 rings (SSSR count). The van der Waals surface area contributed by atoms with Gasteiger partial charge in [-0.05, 0) is 33.6 Å². The second-order valence-corrected chi connectivity index (χ2v) is 7.71. The first-order valence-corrected chi connectivity index (χ1v) is 9.19. The van der Waals surface area contributed by atoms with Crippen LogP contribution < -0.4 is 0 Å². The molecule has 126 valence electrons. The van der Waals surface area contributed by atoms with Crippen molar-refractivity contribution < 1.29 is 12.9 Å². The van der Waals surface area contributed by atoms with Gasteiger partial charge in [-0.1, -0.05) is 5.16 Å². The number of rotatable bonds is 4. The molecule has 0 N–H and O–H groups in total. The van der Waals surface area contributed by atoms with Crippen molar-refractivity contribution in [2.45, 2.75) is 51.0 Å². The van der Waals surface area contributed by atoms with Crippen LogP contribution >= 0.6 is 0 Å². The molecule has 0 spiro atoms. The van der Waals surface area contributed by atoms with E-state index in [1.165, 1.54) is 4.31 Å². The lowest BCUT2D eigenvalue weighted by molar-refractivity contribution is 0.304. The molecule has 1 atom stereocenters. The lowest BCUT2D eigenvalue weighted by Crippen LogP contribution is -2.40. The summed E-state index contributed by atoms with van der Waals surface area (Å²) in [6, 6.07) is 0. The number of hydrogen-bond donors (Lipinski definition) is 0. The Labute approximate surface area is 135 Å². The van der Waals surface area contributed by atoms with Gasteiger partial charge in [-0.25, -0.2) is 8.42 Å². The van der Waals surface area contributed by atoms with Gasteiger partial charge in [-0.15, -0.1) is 10.2 Å². The molecule has 0 bridgehead atoms. The molecule has 3 heterocycles. The van der Waals surface area contributed by atoms with Crippen molar-refractivity contribution >= 4 is 10.0 Å². The number of nitrogens with zero attached hydrogens (tertiary/aromatic N) is 5. The molecule has 9 heteroatoms. The zero-order valence-corrected chi connectivity index (χ0v) is 14.4. The molecule has 0 saturated carbocycles. The second-order valence-electron chi connectivity index (χ2n) is 5.83. The summed E-state index contributed by atoms with van der Waals surface area (Å²) < 4.78 is 34.4. The second kappa shape index (κ2) is 6.04. The van der Waals surface area contributed by atoms with Crippen molar-refractivity contribution in [2.24, 2.45) is 0 Å². The Morgan fingerprint density at radius 3 is 2.83 bits per heavy atom. The quantitative estimate of drug-likeness (QED) is 0.837. The van der Waals surface area contributed by atoms with E-state index in [9.17, 15) is 8.42 Å². The molecular weight excluding hydrogens is 318 g/mol. The smallest absolute Gasteiger partial charge is 0.248 e. The molecule has 0 aliphatic carbocycles. The SMILES string of the molecule is CCn1cnnc1[C@@H]1CCCN(S(=O)(=O)c2c(C)noc2C)C1. The highest BCUT2D eigenvalue weighted by Gasteiger charge is 2.36. The lowest BCUT2D eigenvalue weighted by Gasteiger charge is -2.31. The molecule has 23 heavy (non-hydrogen) atoms. The van der Waals surface area contributed by atoms with Gasteiger partial charge in [0.2, 0.25) is 10.0 Å². The number of aromatic nitrogens is 4. The molecule has 2 aromatic heterocycles. The van der Waals surface area contributed by atoms with Crippen molar-refractivity contribution in [2.75, 3.05) is 13.1 Å². The van der Waals surface area contributed by atoms with E-state index in [0.717, 1.165) is 25.2 Å². The van der Waals surface area contributed by atoms with E-state index < -0.39 is 10.0 Å². The highest BCUT2D eigenvalue weighted by Crippen LogP contribution is 2.31. The molecule has 8 nitrogen and oxygen atoms in total. The van der Waals surface area contributed by atoms with Crippen LogP contribution in [0.3, 0.4) is 0 Å². The first-order valence-electron chi connectivity index (χ1n) is 7.75. The zero-order valence-electron chi connectivity index (χ0n) is 13.6. The van der Waals surface area contributed by atoms with Gasteiger partial charge in [0, 0.05) is 25.6 Å². The van der Waals surface area contributed by atoms with E-state index in [-0.39, 0.29) is 10.8 Å². The van der Waals surface area contributed by atoms with Gasteiger partial charge in [-0.3, -0.25) is 0 Å². The Balaban J connectivity index is 1.89. The predicted molar refractivity (Wildman–Crippen MR) is 82.4 cm³/mol. The molecule has 0 unspecified atom stereocenters. The van der Waals surface area contributed by atoms with Crippen LogP contribution in [0.4, 0.5) is 0 Å². The normalized spacial score (nSPS) is 20.0. The molecule has 1 aliphatic heterocycles. The Hall–Kier alpha value is -1.74. The molecule has 2 aromatic rings. The maximum Gasteiger partial charge on any atom is 0.248 e. The van der Waals surface area contributed by atoms with Crippen molar-refractivity contribution in [1.82, 2.24) is 24.2 Å². The number of piperidine rings is 1. The third kappa shape index (κ3) is 2.78. The van der Waals surface area contributed by atoms with Gasteiger partial charge >= 0.3 is 0 Å². The maximum absolute atomic E-state index is 12.9. The molecule has 1 fully saturated rings. The fourth-order valence-electron chi connectivity index (χ4n) is 3.17. The number of aryl methyl sites for hydroxylation is 3. The van der Waals surface area contributed by atoms with Crippen LogP contribution in [0.5, 0.6) is 0 Å². The van der Waals surface area contributed by atoms with Crippen molar-refractivity contribution in [3.8, 4) is 0 Å². The van der Waals surface area contributed by atoms with Crippen LogP contribution in [-0.2, 0) is 16.6 Å². The Kier molecular flexibility index (Phi) is 4.24. The van der Waals surface area contributed by atoms with Crippen LogP contribution in [-0.4, -0.2) is 45.7 Å². The highest BCUT2D eigenvalue weighted by molar-refractivity contribution is 7.89. The van der Waals surface area contributed by atoms with Crippen LogP contribution in [0.25, 0.3) is 0 Å². The summed E-state index contributed by atoms with van der Waals surface area (Å²) in [6.45, 7) is 6.98. The summed E-state index contributed by atoms with van der Waals surface area (Å²) >= 11 is 0. The summed E-state index contributed by atoms with van der Waals surface area (Å²) in [5.41, 5.74) is 0.404. The van der Waals surface area contributed by atoms with Crippen LogP contribution in [0.2, 0.25) is 0 Å². The minimum atomic E-state index is -3.60. The minimum Gasteiger partial charge on any atom is -0.360 e. The van der Waals surface area contributed by atoms with Gasteiger partial charge in [0.05, 0.1) is 0 Å². The van der Waals surface area contributed by atoms with Crippen LogP contribution in [0.1, 0.15) is 43.0 Å². The fourth-order valence-corrected chi connectivity index (χ4v) is 4.98. The van der Waals surface area contributed by atoms with E-state index >= 15 is 0 Å². The lowest BCUT2D eigenvalue weighted by atomic mass is 9.99. The van der Waals surface area contributed by atoms with Crippen LogP contribution in [0.15, 0.2) is 15.7 Å². The summed E-state index contributed by atoms with van der Waals surface area (Å²) in [7, 11) is -3.60. The fraction of sp³-hybridized carbons (Fsp3) is 0.643. The minimum absolute atomic E-state index is 0.0569. The summed E-state index contributed by atoms with van der Waals surface area (Å²) in [6.07, 6.45) is 3.40. The van der Waals surface area contributed by atoms with E-state index in [0.29, 0.717) is 24.5 Å². The van der Waals surface area contributed by atoms with E-state index in [4.69, 9.17) is 4.52 Å². The largest absolute Gasteiger partial charge is 0.360 e. The number of sulfonamides is 1. The average Bonchev–Trinajstić information content (AvgIpc) is 3.14. The Morgan fingerprint density at radius 1 is 1.39 bits per heavy atom. The van der Waals surface area contributed by atoms with Gasteiger partial charge in [0.15, 0.2) is 5.76 Å². The van der Waals surface area contributed by atoms with Crippen molar-refractivity contribution in [1.29, 1.82) is 0 Å². The molecule has 0 aromatic carbocycles. The third-order valence-corrected chi connectivity index (χ3v) is 6.41. The molecule has 0 radical (unpaired) electrons. The van der Waals surface area contributed by atoms with Crippen molar-refractivity contribution in [3.63, 3.8) is 0 Å². The molecule has 1 saturated heterocycles. The Bertz CT molecular complexity index is 776. The van der Waals surface area contributed by atoms with Gasteiger partial charge < -0.3 is 9.09 Å². The highest BCUT2D eigenvalue weighted by atomic mass is 32.2. The van der Waals surface area contributed by atoms with E-state index in [2.05, 4.69) is 15.4 Å². The van der Waals surface area contributed by atoms with Gasteiger partial charge in [-0.2, -0.15) is 4.31 Å². The third-order valence-electron chi connectivity index (χ3n) is 4.30. The van der Waals surface area contributed by atoms with E-state index in [1.807, 2.05) is 11.5 Å².